The van der Waals surface area contributed by atoms with Gasteiger partial charge in [0.05, 0.1) is 19.2 Å². The minimum absolute atomic E-state index is 0.354. The van der Waals surface area contributed by atoms with Crippen LogP contribution in [0.15, 0.2) is 16.7 Å². The second-order valence-corrected chi connectivity index (χ2v) is 4.20. The number of carbonyl (C=O) groups excluding carboxylic acids is 1. The first-order chi connectivity index (χ1) is 7.79. The van der Waals surface area contributed by atoms with E-state index < -0.39 is 0 Å². The number of ether oxygens (including phenoxy) is 1. The van der Waals surface area contributed by atoms with Crippen LogP contribution in [-0.4, -0.2) is 19.6 Å². The first-order valence-corrected chi connectivity index (χ1v) is 5.66. The van der Waals surface area contributed by atoms with Crippen LogP contribution in [0.1, 0.15) is 35.4 Å². The van der Waals surface area contributed by atoms with E-state index in [9.17, 15) is 4.79 Å². The zero-order valence-corrected chi connectivity index (χ0v) is 9.49. The van der Waals surface area contributed by atoms with Crippen molar-refractivity contribution in [2.75, 3.05) is 13.7 Å². The van der Waals surface area contributed by atoms with Gasteiger partial charge in [-0.1, -0.05) is 12.8 Å². The summed E-state index contributed by atoms with van der Waals surface area (Å²) in [5.41, 5.74) is 0.474. The van der Waals surface area contributed by atoms with E-state index in [1.165, 1.54) is 32.6 Å². The Morgan fingerprint density at radius 2 is 2.44 bits per heavy atom. The molecule has 1 heterocycles. The molecular weight excluding hydrogens is 206 g/mol. The highest BCUT2D eigenvalue weighted by Crippen LogP contribution is 2.31. The summed E-state index contributed by atoms with van der Waals surface area (Å²) in [5, 5.41) is 3.30. The van der Waals surface area contributed by atoms with Gasteiger partial charge in [-0.2, -0.15) is 0 Å². The van der Waals surface area contributed by atoms with E-state index in [1.54, 1.807) is 6.07 Å². The number of rotatable bonds is 6. The zero-order valence-electron chi connectivity index (χ0n) is 9.49. The highest BCUT2D eigenvalue weighted by molar-refractivity contribution is 5.88. The standard InChI is InChI=1S/C12H17NO3/c1-15-12(14)10-6-11(16-8-10)7-13-5-4-9-2-3-9/h6,8-9,13H,2-5,7H2,1H3. The molecule has 1 aliphatic carbocycles. The predicted molar refractivity (Wildman–Crippen MR) is 59.1 cm³/mol. The monoisotopic (exact) mass is 223 g/mol. The van der Waals surface area contributed by atoms with Gasteiger partial charge in [-0.15, -0.1) is 0 Å². The number of methoxy groups -OCH3 is 1. The van der Waals surface area contributed by atoms with E-state index in [-0.39, 0.29) is 5.97 Å². The van der Waals surface area contributed by atoms with Gasteiger partial charge >= 0.3 is 5.97 Å². The lowest BCUT2D eigenvalue weighted by Gasteiger charge is -2.00. The van der Waals surface area contributed by atoms with E-state index >= 15 is 0 Å². The van der Waals surface area contributed by atoms with Gasteiger partial charge in [-0.05, 0) is 24.9 Å². The minimum Gasteiger partial charge on any atom is -0.467 e. The predicted octanol–water partition coefficient (Wildman–Crippen LogP) is 1.96. The van der Waals surface area contributed by atoms with Crippen LogP contribution >= 0.6 is 0 Å². The Labute approximate surface area is 95.0 Å². The van der Waals surface area contributed by atoms with Gasteiger partial charge in [-0.25, -0.2) is 4.79 Å². The summed E-state index contributed by atoms with van der Waals surface area (Å²) in [5.74, 6) is 1.36. The fraction of sp³-hybridized carbons (Fsp3) is 0.583. The first-order valence-electron chi connectivity index (χ1n) is 5.66. The quantitative estimate of drug-likeness (QED) is 0.591. The molecule has 2 rings (SSSR count). The van der Waals surface area contributed by atoms with E-state index in [2.05, 4.69) is 10.1 Å². The molecule has 1 saturated carbocycles. The zero-order chi connectivity index (χ0) is 11.4. The molecule has 1 aliphatic rings. The molecule has 0 radical (unpaired) electrons. The van der Waals surface area contributed by atoms with Crippen LogP contribution in [0, 0.1) is 5.92 Å². The van der Waals surface area contributed by atoms with Crippen molar-refractivity contribution in [3.05, 3.63) is 23.7 Å². The molecule has 1 N–H and O–H groups in total. The Balaban J connectivity index is 1.71. The van der Waals surface area contributed by atoms with Gasteiger partial charge < -0.3 is 14.5 Å². The van der Waals surface area contributed by atoms with Crippen molar-refractivity contribution < 1.29 is 13.9 Å². The van der Waals surface area contributed by atoms with Crippen LogP contribution in [-0.2, 0) is 11.3 Å². The summed E-state index contributed by atoms with van der Waals surface area (Å²) < 4.78 is 9.84. The number of hydrogen-bond acceptors (Lipinski definition) is 4. The maximum Gasteiger partial charge on any atom is 0.341 e. The molecule has 0 unspecified atom stereocenters. The molecule has 0 amide bonds. The molecule has 1 aromatic rings. The van der Waals surface area contributed by atoms with E-state index in [4.69, 9.17) is 4.42 Å². The highest BCUT2D eigenvalue weighted by atomic mass is 16.5. The minimum atomic E-state index is -0.354. The van der Waals surface area contributed by atoms with Gasteiger partial charge in [0.25, 0.3) is 0 Å². The van der Waals surface area contributed by atoms with Crippen molar-refractivity contribution in [3.8, 4) is 0 Å². The number of esters is 1. The van der Waals surface area contributed by atoms with Crippen molar-refractivity contribution in [1.82, 2.24) is 5.32 Å². The highest BCUT2D eigenvalue weighted by Gasteiger charge is 2.20. The lowest BCUT2D eigenvalue weighted by molar-refractivity contribution is 0.0600. The summed E-state index contributed by atoms with van der Waals surface area (Å²) in [6.07, 6.45) is 5.44. The summed E-state index contributed by atoms with van der Waals surface area (Å²) in [4.78, 5) is 11.2. The number of nitrogens with one attached hydrogen (secondary N) is 1. The molecule has 0 spiro atoms. The number of furan rings is 1. The maximum absolute atomic E-state index is 11.2. The van der Waals surface area contributed by atoms with Crippen LogP contribution in [0.5, 0.6) is 0 Å². The lowest BCUT2D eigenvalue weighted by Crippen LogP contribution is -2.14. The molecule has 16 heavy (non-hydrogen) atoms. The lowest BCUT2D eigenvalue weighted by atomic mass is 10.3. The van der Waals surface area contributed by atoms with Crippen molar-refractivity contribution in [3.63, 3.8) is 0 Å². The third-order valence-electron chi connectivity index (χ3n) is 2.80. The molecule has 4 heteroatoms. The maximum atomic E-state index is 11.2. The van der Waals surface area contributed by atoms with Gasteiger partial charge in [0.2, 0.25) is 0 Å². The largest absolute Gasteiger partial charge is 0.467 e. The summed E-state index contributed by atoms with van der Waals surface area (Å²) in [6, 6.07) is 1.72. The Hall–Kier alpha value is -1.29. The Kier molecular flexibility index (Phi) is 3.62. The average Bonchev–Trinajstić information content (AvgIpc) is 3.01. The van der Waals surface area contributed by atoms with Gasteiger partial charge in [0.1, 0.15) is 12.0 Å². The van der Waals surface area contributed by atoms with E-state index in [0.29, 0.717) is 12.1 Å². The third-order valence-corrected chi connectivity index (χ3v) is 2.80. The van der Waals surface area contributed by atoms with Crippen LogP contribution in [0.4, 0.5) is 0 Å². The molecule has 0 bridgehead atoms. The van der Waals surface area contributed by atoms with Crippen LogP contribution in [0.25, 0.3) is 0 Å². The van der Waals surface area contributed by atoms with Crippen molar-refractivity contribution >= 4 is 5.97 Å². The van der Waals surface area contributed by atoms with Crippen LogP contribution in [0.2, 0.25) is 0 Å². The molecule has 0 aromatic carbocycles. The molecule has 0 atom stereocenters. The molecule has 1 aromatic heterocycles. The van der Waals surface area contributed by atoms with Crippen molar-refractivity contribution in [1.29, 1.82) is 0 Å². The van der Waals surface area contributed by atoms with Crippen molar-refractivity contribution in [2.24, 2.45) is 5.92 Å². The number of carbonyl (C=O) groups is 1. The van der Waals surface area contributed by atoms with Crippen molar-refractivity contribution in [2.45, 2.75) is 25.8 Å². The fourth-order valence-corrected chi connectivity index (χ4v) is 1.62. The Morgan fingerprint density at radius 1 is 1.62 bits per heavy atom. The first kappa shape index (κ1) is 11.2. The van der Waals surface area contributed by atoms with Gasteiger partial charge in [0.15, 0.2) is 0 Å². The number of hydrogen-bond donors (Lipinski definition) is 1. The second kappa shape index (κ2) is 5.16. The topological polar surface area (TPSA) is 51.5 Å². The molecule has 0 saturated heterocycles. The molecular formula is C12H17NO3. The summed E-state index contributed by atoms with van der Waals surface area (Å²) in [7, 11) is 1.36. The summed E-state index contributed by atoms with van der Waals surface area (Å²) in [6.45, 7) is 1.68. The average molecular weight is 223 g/mol. The second-order valence-electron chi connectivity index (χ2n) is 4.20. The Morgan fingerprint density at radius 3 is 3.12 bits per heavy atom. The van der Waals surface area contributed by atoms with Crippen LogP contribution < -0.4 is 5.32 Å². The normalized spacial score (nSPS) is 15.1. The molecule has 4 nitrogen and oxygen atoms in total. The van der Waals surface area contributed by atoms with Gasteiger partial charge in [0, 0.05) is 0 Å². The molecule has 0 aliphatic heterocycles. The smallest absolute Gasteiger partial charge is 0.341 e. The SMILES string of the molecule is COC(=O)c1coc(CNCCC2CC2)c1. The fourth-order valence-electron chi connectivity index (χ4n) is 1.62. The summed E-state index contributed by atoms with van der Waals surface area (Å²) >= 11 is 0. The van der Waals surface area contributed by atoms with Gasteiger partial charge in [-0.3, -0.25) is 0 Å². The Bertz CT molecular complexity index is 355. The third kappa shape index (κ3) is 3.10. The molecule has 88 valence electrons. The van der Waals surface area contributed by atoms with E-state index in [1.807, 2.05) is 0 Å². The van der Waals surface area contributed by atoms with E-state index in [0.717, 1.165) is 18.2 Å². The molecule has 1 fully saturated rings. The van der Waals surface area contributed by atoms with Crippen LogP contribution in [0.3, 0.4) is 0 Å².